The fourth-order valence-electron chi connectivity index (χ4n) is 1.46. The predicted molar refractivity (Wildman–Crippen MR) is 67.8 cm³/mol. The molecule has 100 valence electrons. The molecule has 0 spiro atoms. The Morgan fingerprint density at radius 1 is 1.39 bits per heavy atom. The summed E-state index contributed by atoms with van der Waals surface area (Å²) in [5.41, 5.74) is -0.865. The second kappa shape index (κ2) is 6.78. The minimum atomic E-state index is -0.669. The molecule has 1 amide bonds. The highest BCUT2D eigenvalue weighted by atomic mass is 16.3. The number of aromatic amines is 1. The van der Waals surface area contributed by atoms with Crippen molar-refractivity contribution in [2.24, 2.45) is 0 Å². The van der Waals surface area contributed by atoms with E-state index in [0.29, 0.717) is 18.8 Å². The number of hydrogen-bond acceptors (Lipinski definition) is 4. The number of nitrogens with zero attached hydrogens (tertiary/aromatic N) is 1. The molecule has 0 aliphatic carbocycles. The normalized spacial score (nSPS) is 10.3. The van der Waals surface area contributed by atoms with E-state index in [-0.39, 0.29) is 5.69 Å². The fourth-order valence-corrected chi connectivity index (χ4v) is 1.46. The number of amides is 1. The van der Waals surface area contributed by atoms with Crippen molar-refractivity contribution < 1.29 is 9.90 Å². The Hall–Kier alpha value is -1.85. The summed E-state index contributed by atoms with van der Waals surface area (Å²) in [5.74, 6) is -0.705. The molecule has 6 heteroatoms. The molecule has 0 aliphatic heterocycles. The van der Waals surface area contributed by atoms with Crippen molar-refractivity contribution in [1.82, 2.24) is 15.3 Å². The van der Waals surface area contributed by atoms with Gasteiger partial charge in [-0.1, -0.05) is 20.3 Å². The molecule has 1 aromatic rings. The molecule has 3 N–H and O–H groups in total. The molecule has 6 nitrogen and oxygen atoms in total. The van der Waals surface area contributed by atoms with Crippen LogP contribution in [-0.4, -0.2) is 27.5 Å². The molecule has 0 saturated carbocycles. The van der Waals surface area contributed by atoms with Gasteiger partial charge in [0.05, 0.1) is 0 Å². The smallest absolute Gasteiger partial charge is 0.293 e. The van der Waals surface area contributed by atoms with E-state index in [0.717, 1.165) is 19.3 Å². The Labute approximate surface area is 105 Å². The largest absolute Gasteiger partial charge is 0.501 e. The number of rotatable bonds is 6. The summed E-state index contributed by atoms with van der Waals surface area (Å²) < 4.78 is 0. The summed E-state index contributed by atoms with van der Waals surface area (Å²) in [6.45, 7) is 4.42. The van der Waals surface area contributed by atoms with Gasteiger partial charge in [0.2, 0.25) is 5.75 Å². The lowest BCUT2D eigenvalue weighted by Crippen LogP contribution is -2.28. The number of aryl methyl sites for hydroxylation is 1. The quantitative estimate of drug-likeness (QED) is 0.703. The van der Waals surface area contributed by atoms with Gasteiger partial charge in [0.15, 0.2) is 5.69 Å². The number of hydrogen-bond donors (Lipinski definition) is 3. The van der Waals surface area contributed by atoms with Crippen LogP contribution < -0.4 is 10.9 Å². The molecule has 0 radical (unpaired) electrons. The third-order valence-corrected chi connectivity index (χ3v) is 2.46. The molecule has 18 heavy (non-hydrogen) atoms. The zero-order chi connectivity index (χ0) is 13.5. The van der Waals surface area contributed by atoms with E-state index < -0.39 is 17.2 Å². The summed E-state index contributed by atoms with van der Waals surface area (Å²) in [6.07, 6.45) is 3.18. The van der Waals surface area contributed by atoms with Crippen LogP contribution in [0.1, 0.15) is 49.4 Å². The lowest BCUT2D eigenvalue weighted by molar-refractivity contribution is 0.0945. The summed E-state index contributed by atoms with van der Waals surface area (Å²) in [5, 5.41) is 12.1. The van der Waals surface area contributed by atoms with Crippen molar-refractivity contribution in [2.45, 2.75) is 39.5 Å². The van der Waals surface area contributed by atoms with Gasteiger partial charge >= 0.3 is 0 Å². The molecular weight excluding hydrogens is 234 g/mol. The number of unbranched alkanes of at least 4 members (excludes halogenated alkanes) is 1. The Morgan fingerprint density at radius 3 is 2.72 bits per heavy atom. The lowest BCUT2D eigenvalue weighted by Gasteiger charge is -2.06. The summed E-state index contributed by atoms with van der Waals surface area (Å²) >= 11 is 0. The fraction of sp³-hybridized carbons (Fsp3) is 0.583. The Balaban J connectivity index is 2.98. The Kier molecular flexibility index (Phi) is 5.35. The minimum absolute atomic E-state index is 0.196. The van der Waals surface area contributed by atoms with E-state index in [2.05, 4.69) is 15.3 Å². The van der Waals surface area contributed by atoms with Crippen LogP contribution in [0.25, 0.3) is 0 Å². The third-order valence-electron chi connectivity index (χ3n) is 2.46. The van der Waals surface area contributed by atoms with Gasteiger partial charge in [0.1, 0.15) is 5.82 Å². The summed E-state index contributed by atoms with van der Waals surface area (Å²) in [6, 6.07) is 0. The average molecular weight is 253 g/mol. The van der Waals surface area contributed by atoms with E-state index in [1.165, 1.54) is 0 Å². The van der Waals surface area contributed by atoms with Crippen molar-refractivity contribution in [1.29, 1.82) is 0 Å². The maximum atomic E-state index is 11.7. The molecular formula is C12H19N3O3. The maximum absolute atomic E-state index is 11.7. The molecule has 0 aliphatic rings. The van der Waals surface area contributed by atoms with Gasteiger partial charge in [0.25, 0.3) is 11.5 Å². The molecule has 0 aromatic carbocycles. The first-order valence-corrected chi connectivity index (χ1v) is 6.20. The number of H-pyrrole nitrogens is 1. The third kappa shape index (κ3) is 3.58. The molecule has 0 unspecified atom stereocenters. The average Bonchev–Trinajstić information content (AvgIpc) is 2.37. The second-order valence-corrected chi connectivity index (χ2v) is 4.07. The Morgan fingerprint density at radius 2 is 2.11 bits per heavy atom. The van der Waals surface area contributed by atoms with Gasteiger partial charge in [-0.15, -0.1) is 0 Å². The second-order valence-electron chi connectivity index (χ2n) is 4.07. The van der Waals surface area contributed by atoms with Crippen LogP contribution in [0.15, 0.2) is 4.79 Å². The SMILES string of the molecule is CCCCc1nc(C(=O)NCCC)c(O)c(=O)[nH]1. The standard InChI is InChI=1S/C12H19N3O3/c1-3-5-6-8-14-9(10(16)12(18)15-8)11(17)13-7-4-2/h16H,3-7H2,1-2H3,(H,13,17)(H,14,15,18). The van der Waals surface area contributed by atoms with Crippen LogP contribution in [0.4, 0.5) is 0 Å². The Bertz CT molecular complexity index is 468. The van der Waals surface area contributed by atoms with Crippen LogP contribution in [0.5, 0.6) is 5.75 Å². The van der Waals surface area contributed by atoms with Gasteiger partial charge in [-0.05, 0) is 12.8 Å². The van der Waals surface area contributed by atoms with Gasteiger partial charge in [-0.25, -0.2) is 4.98 Å². The van der Waals surface area contributed by atoms with Gasteiger partial charge < -0.3 is 15.4 Å². The van der Waals surface area contributed by atoms with Crippen LogP contribution in [-0.2, 0) is 6.42 Å². The van der Waals surface area contributed by atoms with Crippen LogP contribution >= 0.6 is 0 Å². The molecule has 1 rings (SSSR count). The zero-order valence-electron chi connectivity index (χ0n) is 10.7. The number of nitrogens with one attached hydrogen (secondary N) is 2. The molecule has 1 heterocycles. The van der Waals surface area contributed by atoms with Crippen molar-refractivity contribution in [2.75, 3.05) is 6.54 Å². The van der Waals surface area contributed by atoms with E-state index >= 15 is 0 Å². The van der Waals surface area contributed by atoms with Crippen molar-refractivity contribution in [3.63, 3.8) is 0 Å². The molecule has 0 atom stereocenters. The number of carbonyl (C=O) groups is 1. The van der Waals surface area contributed by atoms with Crippen LogP contribution in [0, 0.1) is 0 Å². The van der Waals surface area contributed by atoms with Crippen LogP contribution in [0.2, 0.25) is 0 Å². The molecule has 0 bridgehead atoms. The first-order valence-electron chi connectivity index (χ1n) is 6.20. The first-order chi connectivity index (χ1) is 8.60. The lowest BCUT2D eigenvalue weighted by atomic mass is 10.2. The van der Waals surface area contributed by atoms with Gasteiger partial charge in [-0.2, -0.15) is 0 Å². The summed E-state index contributed by atoms with van der Waals surface area (Å²) in [4.78, 5) is 29.7. The monoisotopic (exact) mass is 253 g/mol. The van der Waals surface area contributed by atoms with E-state index in [1.54, 1.807) is 0 Å². The van der Waals surface area contributed by atoms with Crippen molar-refractivity contribution in [3.05, 3.63) is 21.9 Å². The number of aromatic hydroxyl groups is 1. The van der Waals surface area contributed by atoms with E-state index in [9.17, 15) is 14.7 Å². The minimum Gasteiger partial charge on any atom is -0.501 e. The predicted octanol–water partition coefficient (Wildman–Crippen LogP) is 0.958. The highest BCUT2D eigenvalue weighted by Gasteiger charge is 2.16. The van der Waals surface area contributed by atoms with Crippen molar-refractivity contribution >= 4 is 5.91 Å². The zero-order valence-corrected chi connectivity index (χ0v) is 10.7. The molecule has 0 saturated heterocycles. The maximum Gasteiger partial charge on any atom is 0.293 e. The van der Waals surface area contributed by atoms with E-state index in [4.69, 9.17) is 0 Å². The number of carbonyl (C=O) groups excluding carboxylic acids is 1. The molecule has 0 fully saturated rings. The first kappa shape index (κ1) is 14.2. The van der Waals surface area contributed by atoms with Crippen molar-refractivity contribution in [3.8, 4) is 5.75 Å². The number of aromatic nitrogens is 2. The topological polar surface area (TPSA) is 95.1 Å². The highest BCUT2D eigenvalue weighted by Crippen LogP contribution is 2.08. The molecule has 1 aromatic heterocycles. The van der Waals surface area contributed by atoms with E-state index in [1.807, 2.05) is 13.8 Å². The van der Waals surface area contributed by atoms with Crippen LogP contribution in [0.3, 0.4) is 0 Å². The van der Waals surface area contributed by atoms with Gasteiger partial charge in [-0.3, -0.25) is 9.59 Å². The summed E-state index contributed by atoms with van der Waals surface area (Å²) in [7, 11) is 0. The highest BCUT2D eigenvalue weighted by molar-refractivity contribution is 5.94. The van der Waals surface area contributed by atoms with Gasteiger partial charge in [0, 0.05) is 13.0 Å².